The van der Waals surface area contributed by atoms with E-state index in [1.165, 1.54) is 11.3 Å². The van der Waals surface area contributed by atoms with Crippen molar-refractivity contribution >= 4 is 40.3 Å². The van der Waals surface area contributed by atoms with E-state index in [9.17, 15) is 4.79 Å². The maximum absolute atomic E-state index is 12.3. The Balaban J connectivity index is 2.47. The Labute approximate surface area is 114 Å². The van der Waals surface area contributed by atoms with Crippen LogP contribution in [0.25, 0.3) is 0 Å². The monoisotopic (exact) mass is 284 g/mol. The molecule has 0 N–H and O–H groups in total. The summed E-state index contributed by atoms with van der Waals surface area (Å²) in [5.41, 5.74) is 3.24. The van der Waals surface area contributed by atoms with Crippen molar-refractivity contribution in [1.82, 2.24) is 0 Å². The van der Waals surface area contributed by atoms with E-state index in [2.05, 4.69) is 0 Å². The SMILES string of the molecule is Cc1ccc(C(=O)c2cc(Cl)sc2Cl)c(C)c1. The fourth-order valence-electron chi connectivity index (χ4n) is 1.71. The number of hydrogen-bond donors (Lipinski definition) is 0. The quantitative estimate of drug-likeness (QED) is 0.717. The van der Waals surface area contributed by atoms with Gasteiger partial charge in [-0.3, -0.25) is 4.79 Å². The molecule has 1 aromatic heterocycles. The van der Waals surface area contributed by atoms with Crippen molar-refractivity contribution in [3.05, 3.63) is 55.2 Å². The summed E-state index contributed by atoms with van der Waals surface area (Å²) in [6.45, 7) is 3.91. The third-order valence-electron chi connectivity index (χ3n) is 2.53. The van der Waals surface area contributed by atoms with Gasteiger partial charge >= 0.3 is 0 Å². The molecule has 0 radical (unpaired) electrons. The lowest BCUT2D eigenvalue weighted by atomic mass is 9.99. The average molecular weight is 285 g/mol. The summed E-state index contributed by atoms with van der Waals surface area (Å²) in [6.07, 6.45) is 0. The van der Waals surface area contributed by atoms with Gasteiger partial charge in [0.05, 0.1) is 9.90 Å². The van der Waals surface area contributed by atoms with Crippen molar-refractivity contribution < 1.29 is 4.79 Å². The predicted molar refractivity (Wildman–Crippen MR) is 73.7 cm³/mol. The van der Waals surface area contributed by atoms with Crippen LogP contribution in [0, 0.1) is 13.8 Å². The van der Waals surface area contributed by atoms with Crippen LogP contribution in [0.5, 0.6) is 0 Å². The molecule has 1 aromatic carbocycles. The number of carbonyl (C=O) groups is 1. The van der Waals surface area contributed by atoms with Gasteiger partial charge < -0.3 is 0 Å². The van der Waals surface area contributed by atoms with Gasteiger partial charge in [-0.2, -0.15) is 0 Å². The molecule has 2 aromatic rings. The second kappa shape index (κ2) is 4.81. The van der Waals surface area contributed by atoms with Crippen LogP contribution in [0.15, 0.2) is 24.3 Å². The van der Waals surface area contributed by atoms with Crippen LogP contribution in [0.1, 0.15) is 27.0 Å². The van der Waals surface area contributed by atoms with Crippen molar-refractivity contribution in [1.29, 1.82) is 0 Å². The van der Waals surface area contributed by atoms with Gasteiger partial charge in [-0.1, -0.05) is 47.0 Å². The standard InChI is InChI=1S/C13H10Cl2OS/c1-7-3-4-9(8(2)5-7)12(16)10-6-11(14)17-13(10)15/h3-6H,1-2H3. The summed E-state index contributed by atoms with van der Waals surface area (Å²) in [5, 5.41) is 0. The van der Waals surface area contributed by atoms with E-state index in [1.54, 1.807) is 6.07 Å². The number of aryl methyl sites for hydroxylation is 2. The van der Waals surface area contributed by atoms with Gasteiger partial charge in [-0.25, -0.2) is 0 Å². The van der Waals surface area contributed by atoms with Crippen LogP contribution in [0.2, 0.25) is 8.67 Å². The molecule has 0 aliphatic rings. The average Bonchev–Trinajstić information content (AvgIpc) is 2.57. The number of halogens is 2. The van der Waals surface area contributed by atoms with Crippen LogP contribution in [0.3, 0.4) is 0 Å². The number of rotatable bonds is 2. The van der Waals surface area contributed by atoms with Crippen LogP contribution < -0.4 is 0 Å². The van der Waals surface area contributed by atoms with E-state index in [1.807, 2.05) is 32.0 Å². The lowest BCUT2D eigenvalue weighted by Gasteiger charge is -2.05. The first kappa shape index (κ1) is 12.6. The molecule has 0 aliphatic carbocycles. The minimum atomic E-state index is -0.0735. The zero-order chi connectivity index (χ0) is 12.6. The molecular weight excluding hydrogens is 275 g/mol. The Morgan fingerprint density at radius 2 is 1.82 bits per heavy atom. The van der Waals surface area contributed by atoms with Crippen molar-refractivity contribution in [3.8, 4) is 0 Å². The zero-order valence-electron chi connectivity index (χ0n) is 9.38. The highest BCUT2D eigenvalue weighted by atomic mass is 35.5. The second-order valence-corrected chi connectivity index (χ2v) is 6.17. The molecule has 0 saturated carbocycles. The van der Waals surface area contributed by atoms with Crippen LogP contribution >= 0.6 is 34.5 Å². The van der Waals surface area contributed by atoms with Crippen molar-refractivity contribution in [2.45, 2.75) is 13.8 Å². The van der Waals surface area contributed by atoms with E-state index >= 15 is 0 Å². The summed E-state index contributed by atoms with van der Waals surface area (Å²) in [4.78, 5) is 12.3. The highest BCUT2D eigenvalue weighted by molar-refractivity contribution is 7.20. The Morgan fingerprint density at radius 1 is 1.12 bits per heavy atom. The van der Waals surface area contributed by atoms with Gasteiger partial charge in [0.2, 0.25) is 0 Å². The Morgan fingerprint density at radius 3 is 2.35 bits per heavy atom. The zero-order valence-corrected chi connectivity index (χ0v) is 11.7. The molecule has 0 bridgehead atoms. The molecule has 88 valence electrons. The van der Waals surface area contributed by atoms with Gasteiger partial charge in [0.1, 0.15) is 4.34 Å². The fraction of sp³-hybridized carbons (Fsp3) is 0.154. The van der Waals surface area contributed by atoms with Crippen molar-refractivity contribution in [3.63, 3.8) is 0 Å². The molecule has 0 unspecified atom stereocenters. The molecule has 4 heteroatoms. The Kier molecular flexibility index (Phi) is 3.57. The van der Waals surface area contributed by atoms with Gasteiger partial charge in [0.25, 0.3) is 0 Å². The maximum atomic E-state index is 12.3. The molecular formula is C13H10Cl2OS. The molecule has 2 rings (SSSR count). The maximum Gasteiger partial charge on any atom is 0.195 e. The molecule has 0 aliphatic heterocycles. The first-order valence-corrected chi connectivity index (χ1v) is 6.63. The smallest absolute Gasteiger partial charge is 0.195 e. The Bertz CT molecular complexity index is 587. The van der Waals surface area contributed by atoms with E-state index in [4.69, 9.17) is 23.2 Å². The minimum absolute atomic E-state index is 0.0735. The summed E-state index contributed by atoms with van der Waals surface area (Å²) in [6, 6.07) is 7.35. The first-order valence-electron chi connectivity index (χ1n) is 5.06. The van der Waals surface area contributed by atoms with Crippen LogP contribution in [-0.2, 0) is 0 Å². The van der Waals surface area contributed by atoms with Gasteiger partial charge in [-0.15, -0.1) is 11.3 Å². The minimum Gasteiger partial charge on any atom is -0.289 e. The third kappa shape index (κ3) is 2.54. The largest absolute Gasteiger partial charge is 0.289 e. The van der Waals surface area contributed by atoms with E-state index in [-0.39, 0.29) is 5.78 Å². The number of ketones is 1. The molecule has 17 heavy (non-hydrogen) atoms. The summed E-state index contributed by atoms with van der Waals surface area (Å²) in [7, 11) is 0. The third-order valence-corrected chi connectivity index (χ3v) is 4.02. The van der Waals surface area contributed by atoms with Crippen molar-refractivity contribution in [2.75, 3.05) is 0 Å². The van der Waals surface area contributed by atoms with Gasteiger partial charge in [-0.05, 0) is 25.5 Å². The fourth-order valence-corrected chi connectivity index (χ4v) is 3.17. The summed E-state index contributed by atoms with van der Waals surface area (Å²) in [5.74, 6) is -0.0735. The van der Waals surface area contributed by atoms with Crippen LogP contribution in [-0.4, -0.2) is 5.78 Å². The Hall–Kier alpha value is -0.830. The van der Waals surface area contributed by atoms with Crippen LogP contribution in [0.4, 0.5) is 0 Å². The molecule has 1 nitrogen and oxygen atoms in total. The molecule has 0 saturated heterocycles. The second-order valence-electron chi connectivity index (χ2n) is 3.89. The highest BCUT2D eigenvalue weighted by Crippen LogP contribution is 2.33. The molecule has 1 heterocycles. The topological polar surface area (TPSA) is 17.1 Å². The van der Waals surface area contributed by atoms with E-state index in [0.29, 0.717) is 19.8 Å². The molecule has 0 amide bonds. The number of carbonyl (C=O) groups excluding carboxylic acids is 1. The van der Waals surface area contributed by atoms with Crippen molar-refractivity contribution in [2.24, 2.45) is 0 Å². The normalized spacial score (nSPS) is 10.6. The predicted octanol–water partition coefficient (Wildman–Crippen LogP) is 4.90. The lowest BCUT2D eigenvalue weighted by molar-refractivity contribution is 0.103. The van der Waals surface area contributed by atoms with Gasteiger partial charge in [0, 0.05) is 5.56 Å². The number of benzene rings is 1. The van der Waals surface area contributed by atoms with E-state index < -0.39 is 0 Å². The van der Waals surface area contributed by atoms with E-state index in [0.717, 1.165) is 11.1 Å². The summed E-state index contributed by atoms with van der Waals surface area (Å²) < 4.78 is 0.975. The van der Waals surface area contributed by atoms with Gasteiger partial charge in [0.15, 0.2) is 5.78 Å². The molecule has 0 atom stereocenters. The molecule has 0 fully saturated rings. The summed E-state index contributed by atoms with van der Waals surface area (Å²) >= 11 is 13.0. The number of hydrogen-bond acceptors (Lipinski definition) is 2. The molecule has 0 spiro atoms. The lowest BCUT2D eigenvalue weighted by Crippen LogP contribution is -2.03. The highest BCUT2D eigenvalue weighted by Gasteiger charge is 2.17. The first-order chi connectivity index (χ1) is 7.99. The number of thiophene rings is 1.